The normalized spacial score (nSPS) is 19.3. The second-order valence-electron chi connectivity index (χ2n) is 7.07. The molecule has 6 heteroatoms. The molecule has 1 amide bonds. The molecule has 0 aliphatic carbocycles. The lowest BCUT2D eigenvalue weighted by Gasteiger charge is -2.16. The van der Waals surface area contributed by atoms with Gasteiger partial charge in [0.2, 0.25) is 5.91 Å². The molecular weight excluding hydrogens is 356 g/mol. The van der Waals surface area contributed by atoms with Crippen molar-refractivity contribution >= 4 is 11.9 Å². The molecule has 0 bridgehead atoms. The summed E-state index contributed by atoms with van der Waals surface area (Å²) in [5, 5.41) is 12.5. The van der Waals surface area contributed by atoms with E-state index in [0.29, 0.717) is 26.1 Å². The van der Waals surface area contributed by atoms with Crippen molar-refractivity contribution in [2.45, 2.75) is 12.3 Å². The molecule has 1 aliphatic heterocycles. The number of hydrogen-bond donors (Lipinski definition) is 2. The highest BCUT2D eigenvalue weighted by Crippen LogP contribution is 2.32. The molecule has 0 saturated carbocycles. The van der Waals surface area contributed by atoms with Crippen LogP contribution < -0.4 is 10.1 Å². The van der Waals surface area contributed by atoms with E-state index in [1.54, 1.807) is 7.11 Å². The van der Waals surface area contributed by atoms with Gasteiger partial charge in [0.15, 0.2) is 0 Å². The Morgan fingerprint density at radius 3 is 2.54 bits per heavy atom. The minimum atomic E-state index is -0.812. The predicted molar refractivity (Wildman–Crippen MR) is 106 cm³/mol. The van der Waals surface area contributed by atoms with Crippen molar-refractivity contribution in [2.24, 2.45) is 5.92 Å². The van der Waals surface area contributed by atoms with Crippen molar-refractivity contribution in [2.75, 3.05) is 33.3 Å². The Morgan fingerprint density at radius 2 is 1.82 bits per heavy atom. The Morgan fingerprint density at radius 1 is 1.11 bits per heavy atom. The van der Waals surface area contributed by atoms with Crippen LogP contribution in [-0.2, 0) is 16.0 Å². The summed E-state index contributed by atoms with van der Waals surface area (Å²) in [6, 6.07) is 17.4. The van der Waals surface area contributed by atoms with E-state index in [-0.39, 0.29) is 18.4 Å². The molecular formula is C22H26N2O4. The lowest BCUT2D eigenvalue weighted by Crippen LogP contribution is -2.37. The minimum absolute atomic E-state index is 0.0900. The van der Waals surface area contributed by atoms with E-state index in [0.717, 1.165) is 16.9 Å². The number of carbonyl (C=O) groups is 2. The van der Waals surface area contributed by atoms with Crippen molar-refractivity contribution < 1.29 is 19.4 Å². The van der Waals surface area contributed by atoms with E-state index < -0.39 is 11.9 Å². The quantitative estimate of drug-likeness (QED) is 0.731. The van der Waals surface area contributed by atoms with E-state index in [9.17, 15) is 14.7 Å². The Labute approximate surface area is 165 Å². The monoisotopic (exact) mass is 382 g/mol. The summed E-state index contributed by atoms with van der Waals surface area (Å²) >= 11 is 0. The third-order valence-electron chi connectivity index (χ3n) is 5.22. The van der Waals surface area contributed by atoms with E-state index in [4.69, 9.17) is 4.74 Å². The largest absolute Gasteiger partial charge is 0.496 e. The van der Waals surface area contributed by atoms with Crippen LogP contribution in [0.5, 0.6) is 5.75 Å². The number of likely N-dealkylation sites (tertiary alicyclic amines) is 1. The van der Waals surface area contributed by atoms with Crippen molar-refractivity contribution in [1.82, 2.24) is 10.2 Å². The van der Waals surface area contributed by atoms with Gasteiger partial charge in [-0.25, -0.2) is 0 Å². The number of nitrogens with zero attached hydrogens (tertiary/aromatic N) is 1. The van der Waals surface area contributed by atoms with Gasteiger partial charge in [-0.2, -0.15) is 0 Å². The number of hydrogen-bond acceptors (Lipinski definition) is 4. The fourth-order valence-corrected chi connectivity index (χ4v) is 3.81. The van der Waals surface area contributed by atoms with Crippen molar-refractivity contribution in [3.63, 3.8) is 0 Å². The van der Waals surface area contributed by atoms with Crippen molar-refractivity contribution in [3.05, 3.63) is 65.7 Å². The van der Waals surface area contributed by atoms with Crippen LogP contribution in [0.25, 0.3) is 0 Å². The fraction of sp³-hybridized carbons (Fsp3) is 0.364. The summed E-state index contributed by atoms with van der Waals surface area (Å²) < 4.78 is 5.32. The molecule has 1 saturated heterocycles. The summed E-state index contributed by atoms with van der Waals surface area (Å²) in [5.41, 5.74) is 2.05. The number of amides is 1. The molecule has 2 atom stereocenters. The number of para-hydroxylation sites is 1. The highest BCUT2D eigenvalue weighted by Gasteiger charge is 2.38. The standard InChI is InChI=1S/C22H26N2O4/c1-28-20-10-6-5-9-17(20)11-12-23-21(25)15-24-13-18(19(14-24)22(26)27)16-7-3-2-4-8-16/h2-10,18-19H,11-15H2,1H3,(H,23,25)(H,26,27)/t18-,19+/m1/s1. The van der Waals surface area contributed by atoms with Gasteiger partial charge in [0.1, 0.15) is 5.75 Å². The first-order chi connectivity index (χ1) is 13.6. The molecule has 3 rings (SSSR count). The van der Waals surface area contributed by atoms with Gasteiger partial charge in [-0.15, -0.1) is 0 Å². The van der Waals surface area contributed by atoms with Crippen LogP contribution in [0.4, 0.5) is 0 Å². The van der Waals surface area contributed by atoms with Gasteiger partial charge < -0.3 is 15.2 Å². The van der Waals surface area contributed by atoms with Gasteiger partial charge in [-0.05, 0) is 23.6 Å². The highest BCUT2D eigenvalue weighted by molar-refractivity contribution is 5.78. The maximum absolute atomic E-state index is 12.3. The maximum atomic E-state index is 12.3. The summed E-state index contributed by atoms with van der Waals surface area (Å²) in [4.78, 5) is 25.9. The molecule has 2 aromatic rings. The van der Waals surface area contributed by atoms with Crippen LogP contribution in [0.15, 0.2) is 54.6 Å². The van der Waals surface area contributed by atoms with Crippen LogP contribution in [0, 0.1) is 5.92 Å². The predicted octanol–water partition coefficient (Wildman–Crippen LogP) is 2.15. The van der Waals surface area contributed by atoms with Gasteiger partial charge in [-0.1, -0.05) is 48.5 Å². The molecule has 2 aromatic carbocycles. The second kappa shape index (κ2) is 9.37. The first kappa shape index (κ1) is 19.9. The van der Waals surface area contributed by atoms with E-state index in [2.05, 4.69) is 5.32 Å². The minimum Gasteiger partial charge on any atom is -0.496 e. The van der Waals surface area contributed by atoms with E-state index >= 15 is 0 Å². The Balaban J connectivity index is 1.52. The number of carbonyl (C=O) groups excluding carboxylic acids is 1. The van der Waals surface area contributed by atoms with Gasteiger partial charge in [0.25, 0.3) is 0 Å². The number of benzene rings is 2. The molecule has 148 valence electrons. The third kappa shape index (κ3) is 4.89. The van der Waals surface area contributed by atoms with Crippen molar-refractivity contribution in [1.29, 1.82) is 0 Å². The Kier molecular flexibility index (Phi) is 6.66. The number of nitrogens with one attached hydrogen (secondary N) is 1. The molecule has 1 heterocycles. The fourth-order valence-electron chi connectivity index (χ4n) is 3.81. The molecule has 1 aliphatic rings. The molecule has 2 N–H and O–H groups in total. The molecule has 0 unspecified atom stereocenters. The average molecular weight is 382 g/mol. The Hall–Kier alpha value is -2.86. The molecule has 1 fully saturated rings. The van der Waals surface area contributed by atoms with Gasteiger partial charge >= 0.3 is 5.97 Å². The zero-order valence-electron chi connectivity index (χ0n) is 16.0. The summed E-state index contributed by atoms with van der Waals surface area (Å²) in [6.07, 6.45) is 0.681. The lowest BCUT2D eigenvalue weighted by molar-refractivity contribution is -0.141. The smallest absolute Gasteiger partial charge is 0.308 e. The first-order valence-corrected chi connectivity index (χ1v) is 9.47. The van der Waals surface area contributed by atoms with Crippen LogP contribution in [0.3, 0.4) is 0 Å². The van der Waals surface area contributed by atoms with Gasteiger partial charge in [0, 0.05) is 25.6 Å². The van der Waals surface area contributed by atoms with Crippen LogP contribution in [-0.4, -0.2) is 55.2 Å². The van der Waals surface area contributed by atoms with Gasteiger partial charge in [0.05, 0.1) is 19.6 Å². The first-order valence-electron chi connectivity index (χ1n) is 9.47. The van der Waals surface area contributed by atoms with Crippen LogP contribution in [0.1, 0.15) is 17.0 Å². The third-order valence-corrected chi connectivity index (χ3v) is 5.22. The zero-order valence-corrected chi connectivity index (χ0v) is 16.0. The molecule has 0 aromatic heterocycles. The number of aliphatic carboxylic acids is 1. The summed E-state index contributed by atoms with van der Waals surface area (Å²) in [6.45, 7) is 1.67. The number of carboxylic acids is 1. The zero-order chi connectivity index (χ0) is 19.9. The maximum Gasteiger partial charge on any atom is 0.308 e. The molecule has 0 spiro atoms. The summed E-state index contributed by atoms with van der Waals surface area (Å²) in [5.74, 6) is -0.684. The molecule has 0 radical (unpaired) electrons. The summed E-state index contributed by atoms with van der Waals surface area (Å²) in [7, 11) is 1.63. The van der Waals surface area contributed by atoms with Gasteiger partial charge in [-0.3, -0.25) is 14.5 Å². The number of methoxy groups -OCH3 is 1. The lowest BCUT2D eigenvalue weighted by atomic mass is 9.89. The second-order valence-corrected chi connectivity index (χ2v) is 7.07. The Bertz CT molecular complexity index is 809. The number of carboxylic acid groups (broad SMARTS) is 1. The topological polar surface area (TPSA) is 78.9 Å². The average Bonchev–Trinajstić information content (AvgIpc) is 3.13. The van der Waals surface area contributed by atoms with E-state index in [1.165, 1.54) is 0 Å². The van der Waals surface area contributed by atoms with E-state index in [1.807, 2.05) is 59.5 Å². The SMILES string of the molecule is COc1ccccc1CCNC(=O)CN1C[C@H](C(=O)O)[C@@H](c2ccccc2)C1. The molecule has 6 nitrogen and oxygen atoms in total. The molecule has 28 heavy (non-hydrogen) atoms. The van der Waals surface area contributed by atoms with Crippen LogP contribution >= 0.6 is 0 Å². The highest BCUT2D eigenvalue weighted by atomic mass is 16.5. The number of ether oxygens (including phenoxy) is 1. The number of rotatable bonds is 8. The van der Waals surface area contributed by atoms with Crippen molar-refractivity contribution in [3.8, 4) is 5.75 Å². The van der Waals surface area contributed by atoms with Crippen LogP contribution in [0.2, 0.25) is 0 Å².